The first-order chi connectivity index (χ1) is 8.08. The lowest BCUT2D eigenvalue weighted by molar-refractivity contribution is -0.409. The van der Waals surface area contributed by atoms with Gasteiger partial charge < -0.3 is 19.7 Å². The summed E-state index contributed by atoms with van der Waals surface area (Å²) in [6.45, 7) is 2.38. The van der Waals surface area contributed by atoms with Crippen LogP contribution in [0.2, 0.25) is 0 Å². The molecule has 3 atom stereocenters. The average Bonchev–Trinajstić information content (AvgIpc) is 2.40. The van der Waals surface area contributed by atoms with Crippen molar-refractivity contribution in [1.29, 1.82) is 0 Å². The summed E-state index contributed by atoms with van der Waals surface area (Å²) in [5.74, 6) is -9.60. The third kappa shape index (κ3) is 2.22. The van der Waals surface area contributed by atoms with Gasteiger partial charge in [0.25, 0.3) is 0 Å². The Balaban J connectivity index is 2.88. The number of rotatable bonds is 4. The van der Waals surface area contributed by atoms with Gasteiger partial charge in [0, 0.05) is 0 Å². The summed E-state index contributed by atoms with van der Waals surface area (Å²) in [6, 6.07) is 0. The molecule has 18 heavy (non-hydrogen) atoms. The lowest BCUT2D eigenvalue weighted by Crippen LogP contribution is -2.59. The highest BCUT2D eigenvalue weighted by Gasteiger charge is 2.79. The van der Waals surface area contributed by atoms with Gasteiger partial charge >= 0.3 is 17.9 Å². The maximum absolute atomic E-state index is 13.2. The van der Waals surface area contributed by atoms with Crippen LogP contribution < -0.4 is 0 Å². The van der Waals surface area contributed by atoms with Crippen molar-refractivity contribution in [2.75, 3.05) is 13.2 Å². The molecule has 0 bridgehead atoms. The first-order valence-corrected chi connectivity index (χ1v) is 4.79. The van der Waals surface area contributed by atoms with Gasteiger partial charge in [0.05, 0.1) is 13.2 Å². The first kappa shape index (κ1) is 15.3. The molecule has 1 fully saturated rings. The van der Waals surface area contributed by atoms with Crippen molar-refractivity contribution in [2.24, 2.45) is 0 Å². The van der Waals surface area contributed by atoms with Crippen molar-refractivity contribution in [3.63, 3.8) is 0 Å². The molecule has 4 nitrogen and oxygen atoms in total. The van der Waals surface area contributed by atoms with Crippen LogP contribution in [0, 0.1) is 0 Å². The molecule has 0 radical (unpaired) electrons. The summed E-state index contributed by atoms with van der Waals surface area (Å²) in [7, 11) is 0. The molecule has 1 aliphatic heterocycles. The van der Waals surface area contributed by atoms with E-state index in [0.717, 1.165) is 0 Å². The van der Waals surface area contributed by atoms with E-state index in [1.54, 1.807) is 0 Å². The molecule has 0 aromatic heterocycles. The van der Waals surface area contributed by atoms with Crippen molar-refractivity contribution >= 4 is 0 Å². The van der Waals surface area contributed by atoms with Crippen LogP contribution in [0.25, 0.3) is 0 Å². The standard InChI is InChI=1S/C9H11F5O4/c1-2-3-17-4-5-6(15)7(10,11)8(16,18-5)9(12,13)14/h2,5-6,15-16H,1,3-4H2. The van der Waals surface area contributed by atoms with Gasteiger partial charge in [0.1, 0.15) is 6.10 Å². The van der Waals surface area contributed by atoms with Crippen molar-refractivity contribution in [1.82, 2.24) is 0 Å². The summed E-state index contributed by atoms with van der Waals surface area (Å²) >= 11 is 0. The molecule has 0 aromatic carbocycles. The van der Waals surface area contributed by atoms with Crippen molar-refractivity contribution in [3.05, 3.63) is 12.7 Å². The predicted molar refractivity (Wildman–Crippen MR) is 47.8 cm³/mol. The SMILES string of the molecule is C=CCOCC1OC(O)(C(F)(F)F)C(F)(F)C1O. The Kier molecular flexibility index (Phi) is 4.01. The normalized spacial score (nSPS) is 35.7. The Labute approximate surface area is 98.6 Å². The highest BCUT2D eigenvalue weighted by Crippen LogP contribution is 2.51. The first-order valence-electron chi connectivity index (χ1n) is 4.79. The van der Waals surface area contributed by atoms with Crippen LogP contribution >= 0.6 is 0 Å². The van der Waals surface area contributed by atoms with E-state index in [2.05, 4.69) is 16.1 Å². The third-order valence-corrected chi connectivity index (χ3v) is 2.40. The van der Waals surface area contributed by atoms with Crippen molar-refractivity contribution < 1.29 is 41.6 Å². The van der Waals surface area contributed by atoms with Crippen LogP contribution in [-0.4, -0.2) is 53.5 Å². The van der Waals surface area contributed by atoms with E-state index in [-0.39, 0.29) is 6.61 Å². The largest absolute Gasteiger partial charge is 0.449 e. The second-order valence-corrected chi connectivity index (χ2v) is 3.69. The number of halogens is 5. The molecular formula is C9H11F5O4. The topological polar surface area (TPSA) is 58.9 Å². The summed E-state index contributed by atoms with van der Waals surface area (Å²) in [5.41, 5.74) is 0. The Morgan fingerprint density at radius 3 is 2.33 bits per heavy atom. The minimum atomic E-state index is -5.75. The quantitative estimate of drug-likeness (QED) is 0.454. The Morgan fingerprint density at radius 2 is 1.94 bits per heavy atom. The molecule has 1 saturated heterocycles. The fraction of sp³-hybridized carbons (Fsp3) is 0.778. The summed E-state index contributed by atoms with van der Waals surface area (Å²) in [5, 5.41) is 18.0. The van der Waals surface area contributed by atoms with Gasteiger partial charge in [-0.2, -0.15) is 22.0 Å². The zero-order chi connectivity index (χ0) is 14.2. The van der Waals surface area contributed by atoms with E-state index in [0.29, 0.717) is 0 Å². The van der Waals surface area contributed by atoms with Crippen LogP contribution in [0.3, 0.4) is 0 Å². The monoisotopic (exact) mass is 278 g/mol. The molecule has 2 N–H and O–H groups in total. The van der Waals surface area contributed by atoms with Crippen LogP contribution in [0.1, 0.15) is 0 Å². The zero-order valence-corrected chi connectivity index (χ0v) is 8.95. The molecule has 9 heteroatoms. The smallest absolute Gasteiger partial charge is 0.384 e. The maximum atomic E-state index is 13.2. The Morgan fingerprint density at radius 1 is 1.39 bits per heavy atom. The zero-order valence-electron chi connectivity index (χ0n) is 8.95. The highest BCUT2D eigenvalue weighted by molar-refractivity contribution is 5.05. The van der Waals surface area contributed by atoms with Gasteiger partial charge in [0.15, 0.2) is 6.10 Å². The average molecular weight is 278 g/mol. The van der Waals surface area contributed by atoms with E-state index in [1.807, 2.05) is 0 Å². The van der Waals surface area contributed by atoms with E-state index in [4.69, 9.17) is 10.2 Å². The number of alkyl halides is 5. The lowest BCUT2D eigenvalue weighted by atomic mass is 10.0. The van der Waals surface area contributed by atoms with Gasteiger partial charge in [-0.3, -0.25) is 0 Å². The molecule has 0 spiro atoms. The van der Waals surface area contributed by atoms with Crippen LogP contribution in [-0.2, 0) is 9.47 Å². The van der Waals surface area contributed by atoms with Crippen LogP contribution in [0.15, 0.2) is 12.7 Å². The minimum Gasteiger partial charge on any atom is -0.384 e. The maximum Gasteiger partial charge on any atom is 0.449 e. The van der Waals surface area contributed by atoms with Crippen LogP contribution in [0.4, 0.5) is 22.0 Å². The van der Waals surface area contributed by atoms with Gasteiger partial charge in [-0.25, -0.2) is 0 Å². The predicted octanol–water partition coefficient (Wildman–Crippen LogP) is 0.835. The van der Waals surface area contributed by atoms with E-state index < -0.39 is 36.7 Å². The Hall–Kier alpha value is -0.770. The van der Waals surface area contributed by atoms with E-state index in [9.17, 15) is 22.0 Å². The Bertz CT molecular complexity index is 319. The minimum absolute atomic E-state index is 0.122. The molecular weight excluding hydrogens is 267 g/mol. The summed E-state index contributed by atoms with van der Waals surface area (Å²) < 4.78 is 72.0. The molecule has 3 unspecified atom stereocenters. The fourth-order valence-electron chi connectivity index (χ4n) is 1.44. The molecule has 0 amide bonds. The molecule has 0 aromatic rings. The number of aliphatic hydroxyl groups is 2. The number of hydrogen-bond acceptors (Lipinski definition) is 4. The van der Waals surface area contributed by atoms with Gasteiger partial charge in [-0.05, 0) is 0 Å². The molecule has 0 aliphatic carbocycles. The second-order valence-electron chi connectivity index (χ2n) is 3.69. The molecule has 0 saturated carbocycles. The van der Waals surface area contributed by atoms with Gasteiger partial charge in [0.2, 0.25) is 0 Å². The number of aliphatic hydroxyl groups excluding tert-OH is 1. The number of hydrogen-bond donors (Lipinski definition) is 2. The third-order valence-electron chi connectivity index (χ3n) is 2.40. The van der Waals surface area contributed by atoms with Gasteiger partial charge in [-0.15, -0.1) is 6.58 Å². The fourth-order valence-corrected chi connectivity index (χ4v) is 1.44. The highest BCUT2D eigenvalue weighted by atomic mass is 19.4. The lowest BCUT2D eigenvalue weighted by Gasteiger charge is -2.30. The molecule has 1 aliphatic rings. The van der Waals surface area contributed by atoms with Crippen LogP contribution in [0.5, 0.6) is 0 Å². The summed E-state index contributed by atoms with van der Waals surface area (Å²) in [4.78, 5) is 0. The summed E-state index contributed by atoms with van der Waals surface area (Å²) in [6.07, 6.45) is -9.33. The molecule has 106 valence electrons. The molecule has 1 rings (SSSR count). The van der Waals surface area contributed by atoms with E-state index in [1.165, 1.54) is 6.08 Å². The van der Waals surface area contributed by atoms with Crippen molar-refractivity contribution in [3.8, 4) is 0 Å². The van der Waals surface area contributed by atoms with Gasteiger partial charge in [-0.1, -0.05) is 6.08 Å². The number of ether oxygens (including phenoxy) is 2. The second kappa shape index (κ2) is 4.72. The van der Waals surface area contributed by atoms with Crippen molar-refractivity contribution in [2.45, 2.75) is 30.1 Å². The molecule has 1 heterocycles. The van der Waals surface area contributed by atoms with E-state index >= 15 is 0 Å².